The Bertz CT molecular complexity index is 584. The molecule has 1 saturated heterocycles. The highest BCUT2D eigenvalue weighted by molar-refractivity contribution is 5.76. The molecule has 0 radical (unpaired) electrons. The van der Waals surface area contributed by atoms with Crippen LogP contribution in [0.3, 0.4) is 0 Å². The van der Waals surface area contributed by atoms with Gasteiger partial charge in [-0.2, -0.15) is 10.2 Å². The summed E-state index contributed by atoms with van der Waals surface area (Å²) in [4.78, 5) is 16.2. The summed E-state index contributed by atoms with van der Waals surface area (Å²) in [5.41, 5.74) is -0.403. The van der Waals surface area contributed by atoms with Crippen LogP contribution in [0.2, 0.25) is 0 Å². The highest BCUT2D eigenvalue weighted by Gasteiger charge is 2.39. The first-order chi connectivity index (χ1) is 10.7. The molecule has 2 aliphatic rings. The summed E-state index contributed by atoms with van der Waals surface area (Å²) in [7, 11) is 0. The van der Waals surface area contributed by atoms with Gasteiger partial charge in [0.1, 0.15) is 0 Å². The minimum Gasteiger partial charge on any atom is -0.377 e. The van der Waals surface area contributed by atoms with E-state index in [9.17, 15) is 4.79 Å². The van der Waals surface area contributed by atoms with Gasteiger partial charge in [-0.3, -0.25) is 4.79 Å². The highest BCUT2D eigenvalue weighted by atomic mass is 16.5. The Labute approximate surface area is 129 Å². The van der Waals surface area contributed by atoms with Crippen LogP contribution >= 0.6 is 0 Å². The summed E-state index contributed by atoms with van der Waals surface area (Å²) in [6, 6.07) is 0.0635. The number of amides is 1. The van der Waals surface area contributed by atoms with Crippen molar-refractivity contribution in [3.63, 3.8) is 0 Å². The fraction of sp³-hybridized carbons (Fsp3) is 0.600. The fourth-order valence-electron chi connectivity index (χ4n) is 2.70. The maximum atomic E-state index is 12.1. The molecule has 22 heavy (non-hydrogen) atoms. The normalized spacial score (nSPS) is 24.9. The van der Waals surface area contributed by atoms with Crippen LogP contribution in [0.25, 0.3) is 0 Å². The largest absolute Gasteiger partial charge is 0.377 e. The first-order valence-electron chi connectivity index (χ1n) is 7.44. The molecule has 116 valence electrons. The molecular formula is C15H19N5O2. The summed E-state index contributed by atoms with van der Waals surface area (Å²) in [6.07, 6.45) is 13.0. The third-order valence-electron chi connectivity index (χ3n) is 4.11. The van der Waals surface area contributed by atoms with Crippen LogP contribution in [0.5, 0.6) is 0 Å². The van der Waals surface area contributed by atoms with Gasteiger partial charge in [-0.05, 0) is 0 Å². The second-order valence-corrected chi connectivity index (χ2v) is 5.68. The zero-order valence-corrected chi connectivity index (χ0v) is 12.3. The van der Waals surface area contributed by atoms with E-state index in [1.54, 1.807) is 12.5 Å². The maximum absolute atomic E-state index is 12.1. The number of aromatic nitrogens is 2. The maximum Gasteiger partial charge on any atom is 0.220 e. The van der Waals surface area contributed by atoms with Crippen molar-refractivity contribution in [3.05, 3.63) is 18.7 Å². The molecule has 0 aliphatic carbocycles. The van der Waals surface area contributed by atoms with Crippen LogP contribution in [-0.4, -0.2) is 40.4 Å². The van der Waals surface area contributed by atoms with E-state index in [2.05, 4.69) is 26.4 Å². The molecule has 0 spiro atoms. The van der Waals surface area contributed by atoms with E-state index in [1.165, 1.54) is 0 Å². The molecule has 2 aliphatic heterocycles. The molecule has 0 saturated carbocycles. The fourth-order valence-corrected chi connectivity index (χ4v) is 2.70. The zero-order valence-electron chi connectivity index (χ0n) is 12.3. The second-order valence-electron chi connectivity index (χ2n) is 5.68. The van der Waals surface area contributed by atoms with Crippen molar-refractivity contribution < 1.29 is 9.53 Å². The average molecular weight is 301 g/mol. The Morgan fingerprint density at radius 3 is 3.00 bits per heavy atom. The number of imidazole rings is 1. The number of carbonyl (C=O) groups excluding carboxylic acids is 1. The van der Waals surface area contributed by atoms with Gasteiger partial charge < -0.3 is 14.6 Å². The van der Waals surface area contributed by atoms with Crippen molar-refractivity contribution in [1.29, 1.82) is 0 Å². The molecule has 1 aromatic heterocycles. The quantitative estimate of drug-likeness (QED) is 0.771. The molecule has 0 bridgehead atoms. The van der Waals surface area contributed by atoms with Gasteiger partial charge in [0.05, 0.1) is 31.6 Å². The van der Waals surface area contributed by atoms with Gasteiger partial charge in [-0.15, -0.1) is 12.3 Å². The van der Waals surface area contributed by atoms with Crippen molar-refractivity contribution >= 4 is 5.91 Å². The van der Waals surface area contributed by atoms with Crippen molar-refractivity contribution in [2.45, 2.75) is 43.4 Å². The highest BCUT2D eigenvalue weighted by Crippen LogP contribution is 2.37. The van der Waals surface area contributed by atoms with Crippen LogP contribution in [0.15, 0.2) is 28.9 Å². The van der Waals surface area contributed by atoms with E-state index in [1.807, 2.05) is 10.8 Å². The van der Waals surface area contributed by atoms with E-state index < -0.39 is 5.66 Å². The SMILES string of the molecule is C#CCCC1(CCC(=O)N[C@@H]2COC[C@@H]2n2ccnc2)N=N1. The average Bonchev–Trinajstić information content (AvgIpc) is 2.92. The topological polar surface area (TPSA) is 80.9 Å². The summed E-state index contributed by atoms with van der Waals surface area (Å²) in [5, 5.41) is 11.1. The molecule has 7 heteroatoms. The van der Waals surface area contributed by atoms with Crippen LogP contribution in [0, 0.1) is 12.3 Å². The molecule has 2 atom stereocenters. The van der Waals surface area contributed by atoms with Gasteiger partial charge in [-0.25, -0.2) is 4.98 Å². The number of nitrogens with one attached hydrogen (secondary N) is 1. The lowest BCUT2D eigenvalue weighted by Crippen LogP contribution is -2.40. The lowest BCUT2D eigenvalue weighted by molar-refractivity contribution is -0.122. The molecule has 0 aromatic carbocycles. The molecule has 3 rings (SSSR count). The summed E-state index contributed by atoms with van der Waals surface area (Å²) in [5.74, 6) is 2.58. The second kappa shape index (κ2) is 6.28. The number of ether oxygens (including phenoxy) is 1. The zero-order chi connectivity index (χ0) is 15.4. The molecule has 1 N–H and O–H groups in total. The standard InChI is InChI=1S/C15H19N5O2/c1-2-3-5-15(18-19-15)6-4-14(21)17-12-9-22-10-13(12)20-8-7-16-11-20/h1,7-8,11-13H,3-6,9-10H2,(H,17,21)/t12-,13+/m1/s1. The third-order valence-corrected chi connectivity index (χ3v) is 4.11. The van der Waals surface area contributed by atoms with Gasteiger partial charge in [0.2, 0.25) is 5.91 Å². The lowest BCUT2D eigenvalue weighted by Gasteiger charge is -2.20. The van der Waals surface area contributed by atoms with E-state index >= 15 is 0 Å². The smallest absolute Gasteiger partial charge is 0.220 e. The van der Waals surface area contributed by atoms with E-state index in [0.717, 1.165) is 6.42 Å². The van der Waals surface area contributed by atoms with Crippen molar-refractivity contribution in [1.82, 2.24) is 14.9 Å². The Morgan fingerprint density at radius 1 is 1.45 bits per heavy atom. The van der Waals surface area contributed by atoms with Crippen molar-refractivity contribution in [3.8, 4) is 12.3 Å². The Kier molecular flexibility index (Phi) is 4.20. The molecule has 0 unspecified atom stereocenters. The first kappa shape index (κ1) is 14.7. The van der Waals surface area contributed by atoms with E-state index in [0.29, 0.717) is 32.5 Å². The van der Waals surface area contributed by atoms with Crippen LogP contribution in [-0.2, 0) is 9.53 Å². The molecule has 3 heterocycles. The number of hydrogen-bond acceptors (Lipinski definition) is 5. The Hall–Kier alpha value is -2.20. The predicted molar refractivity (Wildman–Crippen MR) is 78.9 cm³/mol. The Morgan fingerprint density at radius 2 is 2.32 bits per heavy atom. The first-order valence-corrected chi connectivity index (χ1v) is 7.44. The van der Waals surface area contributed by atoms with Gasteiger partial charge in [0.15, 0.2) is 5.66 Å². The van der Waals surface area contributed by atoms with Crippen molar-refractivity contribution in [2.24, 2.45) is 10.2 Å². The number of nitrogens with zero attached hydrogens (tertiary/aromatic N) is 4. The minimum absolute atomic E-state index is 0.00185. The molecule has 7 nitrogen and oxygen atoms in total. The van der Waals surface area contributed by atoms with Gasteiger partial charge in [0.25, 0.3) is 0 Å². The Balaban J connectivity index is 1.47. The minimum atomic E-state index is -0.403. The van der Waals surface area contributed by atoms with Gasteiger partial charge in [-0.1, -0.05) is 0 Å². The summed E-state index contributed by atoms with van der Waals surface area (Å²) < 4.78 is 7.45. The molecule has 1 amide bonds. The van der Waals surface area contributed by atoms with Crippen LogP contribution < -0.4 is 5.32 Å². The van der Waals surface area contributed by atoms with Crippen LogP contribution in [0.1, 0.15) is 31.7 Å². The number of hydrogen-bond donors (Lipinski definition) is 1. The molecular weight excluding hydrogens is 282 g/mol. The number of carbonyl (C=O) groups is 1. The lowest BCUT2D eigenvalue weighted by atomic mass is 10.0. The van der Waals surface area contributed by atoms with Gasteiger partial charge >= 0.3 is 0 Å². The summed E-state index contributed by atoms with van der Waals surface area (Å²) in [6.45, 7) is 1.10. The van der Waals surface area contributed by atoms with Crippen LogP contribution in [0.4, 0.5) is 0 Å². The van der Waals surface area contributed by atoms with Crippen molar-refractivity contribution in [2.75, 3.05) is 13.2 Å². The van der Waals surface area contributed by atoms with E-state index in [-0.39, 0.29) is 18.0 Å². The predicted octanol–water partition coefficient (Wildman–Crippen LogP) is 1.29. The number of terminal acetylenes is 1. The molecule has 1 fully saturated rings. The third kappa shape index (κ3) is 3.34. The number of rotatable bonds is 7. The molecule has 1 aromatic rings. The monoisotopic (exact) mass is 301 g/mol. The summed E-state index contributed by atoms with van der Waals surface area (Å²) >= 11 is 0. The van der Waals surface area contributed by atoms with Gasteiger partial charge in [0, 0.05) is 38.1 Å². The van der Waals surface area contributed by atoms with E-state index in [4.69, 9.17) is 11.2 Å².